The molecular weight excluding hydrogens is 180 g/mol. The molecule has 0 aliphatic heterocycles. The van der Waals surface area contributed by atoms with Crippen LogP contribution in [-0.2, 0) is 11.3 Å². The molecule has 14 heavy (non-hydrogen) atoms. The monoisotopic (exact) mass is 196 g/mol. The van der Waals surface area contributed by atoms with Gasteiger partial charge in [-0.2, -0.15) is 5.10 Å². The molecular formula is C9H16N4O. The topological polar surface area (TPSA) is 83.8 Å². The lowest BCUT2D eigenvalue weighted by Crippen LogP contribution is -2.40. The van der Waals surface area contributed by atoms with E-state index in [1.165, 1.54) is 0 Å². The summed E-state index contributed by atoms with van der Waals surface area (Å²) in [5.41, 5.74) is 6.51. The van der Waals surface area contributed by atoms with Crippen molar-refractivity contribution >= 4 is 5.91 Å². The molecule has 5 nitrogen and oxygen atoms in total. The third-order valence-electron chi connectivity index (χ3n) is 1.95. The zero-order valence-electron chi connectivity index (χ0n) is 8.29. The minimum absolute atomic E-state index is 0.110. The van der Waals surface area contributed by atoms with Gasteiger partial charge in [0.05, 0.1) is 18.3 Å². The Kier molecular flexibility index (Phi) is 4.12. The average Bonchev–Trinajstić information content (AvgIpc) is 2.67. The smallest absolute Gasteiger partial charge is 0.237 e. The lowest BCUT2D eigenvalue weighted by molar-refractivity contribution is -0.122. The average molecular weight is 196 g/mol. The number of nitrogens with two attached hydrogens (primary N) is 1. The highest BCUT2D eigenvalue weighted by atomic mass is 16.2. The van der Waals surface area contributed by atoms with Gasteiger partial charge in [-0.1, -0.05) is 13.3 Å². The molecule has 0 saturated carbocycles. The van der Waals surface area contributed by atoms with Crippen LogP contribution in [0, 0.1) is 0 Å². The van der Waals surface area contributed by atoms with Crippen LogP contribution in [0.3, 0.4) is 0 Å². The van der Waals surface area contributed by atoms with Gasteiger partial charge < -0.3 is 11.1 Å². The summed E-state index contributed by atoms with van der Waals surface area (Å²) in [7, 11) is 0. The highest BCUT2D eigenvalue weighted by Crippen LogP contribution is 1.95. The van der Waals surface area contributed by atoms with E-state index >= 15 is 0 Å². The standard InChI is InChI=1S/C9H16N4O/c1-2-3-8(10)9(14)11-6-7-4-5-12-13-7/h4-5,8H,2-3,6,10H2,1H3,(H,11,14)(H,12,13)/t8-/m0/s1. The Bertz CT molecular complexity index is 270. The normalized spacial score (nSPS) is 12.4. The predicted octanol–water partition coefficient (Wildman–Crippen LogP) is 0.153. The summed E-state index contributed by atoms with van der Waals surface area (Å²) in [4.78, 5) is 11.4. The number of carbonyl (C=O) groups excluding carboxylic acids is 1. The van der Waals surface area contributed by atoms with Crippen LogP contribution in [0.2, 0.25) is 0 Å². The number of nitrogens with zero attached hydrogens (tertiary/aromatic N) is 1. The van der Waals surface area contributed by atoms with Crippen molar-refractivity contribution in [2.24, 2.45) is 5.73 Å². The van der Waals surface area contributed by atoms with E-state index in [2.05, 4.69) is 15.5 Å². The molecule has 0 aliphatic rings. The maximum atomic E-state index is 11.4. The molecule has 0 bridgehead atoms. The minimum Gasteiger partial charge on any atom is -0.349 e. The molecule has 1 heterocycles. The number of aromatic amines is 1. The van der Waals surface area contributed by atoms with Crippen LogP contribution in [0.5, 0.6) is 0 Å². The van der Waals surface area contributed by atoms with Crippen molar-refractivity contribution in [1.82, 2.24) is 15.5 Å². The number of nitrogens with one attached hydrogen (secondary N) is 2. The predicted molar refractivity (Wildman–Crippen MR) is 53.3 cm³/mol. The van der Waals surface area contributed by atoms with Crippen molar-refractivity contribution in [2.45, 2.75) is 32.4 Å². The molecule has 78 valence electrons. The van der Waals surface area contributed by atoms with E-state index in [1.807, 2.05) is 13.0 Å². The Morgan fingerprint density at radius 3 is 3.14 bits per heavy atom. The summed E-state index contributed by atoms with van der Waals surface area (Å²) in [5, 5.41) is 9.27. The van der Waals surface area contributed by atoms with Crippen LogP contribution in [0.25, 0.3) is 0 Å². The van der Waals surface area contributed by atoms with E-state index in [0.29, 0.717) is 6.54 Å². The van der Waals surface area contributed by atoms with Gasteiger partial charge in [0, 0.05) is 6.20 Å². The SMILES string of the molecule is CCC[C@H](N)C(=O)NCc1ccn[nH]1. The first-order chi connectivity index (χ1) is 6.74. The number of carbonyl (C=O) groups is 1. The van der Waals surface area contributed by atoms with Gasteiger partial charge in [0.1, 0.15) is 0 Å². The van der Waals surface area contributed by atoms with Gasteiger partial charge in [-0.15, -0.1) is 0 Å². The summed E-state index contributed by atoms with van der Waals surface area (Å²) < 4.78 is 0. The van der Waals surface area contributed by atoms with Gasteiger partial charge in [-0.25, -0.2) is 0 Å². The van der Waals surface area contributed by atoms with E-state index in [4.69, 9.17) is 5.73 Å². The highest BCUT2D eigenvalue weighted by Gasteiger charge is 2.11. The summed E-state index contributed by atoms with van der Waals surface area (Å²) in [5.74, 6) is -0.110. The first-order valence-electron chi connectivity index (χ1n) is 4.75. The van der Waals surface area contributed by atoms with E-state index in [0.717, 1.165) is 18.5 Å². The van der Waals surface area contributed by atoms with Gasteiger partial charge >= 0.3 is 0 Å². The van der Waals surface area contributed by atoms with Crippen LogP contribution < -0.4 is 11.1 Å². The fourth-order valence-corrected chi connectivity index (χ4v) is 1.14. The molecule has 1 aromatic rings. The zero-order chi connectivity index (χ0) is 10.4. The maximum absolute atomic E-state index is 11.4. The second-order valence-corrected chi connectivity index (χ2v) is 3.19. The first kappa shape index (κ1) is 10.7. The molecule has 4 N–H and O–H groups in total. The molecule has 0 unspecified atom stereocenters. The van der Waals surface area contributed by atoms with Crippen molar-refractivity contribution in [1.29, 1.82) is 0 Å². The third kappa shape index (κ3) is 3.18. The Balaban J connectivity index is 2.27. The van der Waals surface area contributed by atoms with E-state index in [9.17, 15) is 4.79 Å². The molecule has 0 spiro atoms. The number of H-pyrrole nitrogens is 1. The second kappa shape index (κ2) is 5.39. The quantitative estimate of drug-likeness (QED) is 0.627. The number of rotatable bonds is 5. The molecule has 1 aromatic heterocycles. The summed E-state index contributed by atoms with van der Waals surface area (Å²) in [6.45, 7) is 2.46. The lowest BCUT2D eigenvalue weighted by Gasteiger charge is -2.09. The van der Waals surface area contributed by atoms with Crippen LogP contribution in [-0.4, -0.2) is 22.1 Å². The number of amides is 1. The van der Waals surface area contributed by atoms with Gasteiger partial charge in [0.25, 0.3) is 0 Å². The van der Waals surface area contributed by atoms with Crippen LogP contribution in [0.1, 0.15) is 25.5 Å². The molecule has 1 atom stereocenters. The van der Waals surface area contributed by atoms with Crippen LogP contribution in [0.15, 0.2) is 12.3 Å². The Hall–Kier alpha value is -1.36. The van der Waals surface area contributed by atoms with Crippen LogP contribution in [0.4, 0.5) is 0 Å². The second-order valence-electron chi connectivity index (χ2n) is 3.19. The number of hydrogen-bond acceptors (Lipinski definition) is 3. The van der Waals surface area contributed by atoms with Crippen molar-refractivity contribution in [3.8, 4) is 0 Å². The number of hydrogen-bond donors (Lipinski definition) is 3. The summed E-state index contributed by atoms with van der Waals surface area (Å²) in [6, 6.07) is 1.41. The Morgan fingerprint density at radius 2 is 2.57 bits per heavy atom. The first-order valence-corrected chi connectivity index (χ1v) is 4.75. The molecule has 1 amide bonds. The summed E-state index contributed by atoms with van der Waals surface area (Å²) >= 11 is 0. The minimum atomic E-state index is -0.400. The van der Waals surface area contributed by atoms with Crippen molar-refractivity contribution in [3.63, 3.8) is 0 Å². The zero-order valence-corrected chi connectivity index (χ0v) is 8.29. The van der Waals surface area contributed by atoms with E-state index in [-0.39, 0.29) is 5.91 Å². The molecule has 0 aromatic carbocycles. The largest absolute Gasteiger partial charge is 0.349 e. The van der Waals surface area contributed by atoms with Crippen molar-refractivity contribution < 1.29 is 4.79 Å². The van der Waals surface area contributed by atoms with E-state index < -0.39 is 6.04 Å². The Labute approximate surface area is 83.1 Å². The van der Waals surface area contributed by atoms with Gasteiger partial charge in [0.15, 0.2) is 0 Å². The molecule has 5 heteroatoms. The fraction of sp³-hybridized carbons (Fsp3) is 0.556. The molecule has 0 radical (unpaired) electrons. The third-order valence-corrected chi connectivity index (χ3v) is 1.95. The van der Waals surface area contributed by atoms with Crippen LogP contribution >= 0.6 is 0 Å². The maximum Gasteiger partial charge on any atom is 0.237 e. The Morgan fingerprint density at radius 1 is 1.79 bits per heavy atom. The molecule has 1 rings (SSSR count). The van der Waals surface area contributed by atoms with E-state index in [1.54, 1.807) is 6.20 Å². The fourth-order valence-electron chi connectivity index (χ4n) is 1.14. The lowest BCUT2D eigenvalue weighted by atomic mass is 10.2. The van der Waals surface area contributed by atoms with Crippen molar-refractivity contribution in [3.05, 3.63) is 18.0 Å². The van der Waals surface area contributed by atoms with Gasteiger partial charge in [-0.3, -0.25) is 9.89 Å². The highest BCUT2D eigenvalue weighted by molar-refractivity contribution is 5.81. The van der Waals surface area contributed by atoms with Crippen molar-refractivity contribution in [2.75, 3.05) is 0 Å². The number of aromatic nitrogens is 2. The van der Waals surface area contributed by atoms with Gasteiger partial charge in [0.2, 0.25) is 5.91 Å². The summed E-state index contributed by atoms with van der Waals surface area (Å²) in [6.07, 6.45) is 3.28. The molecule has 0 aliphatic carbocycles. The molecule has 0 saturated heterocycles. The van der Waals surface area contributed by atoms with Gasteiger partial charge in [-0.05, 0) is 12.5 Å². The molecule has 0 fully saturated rings.